The molecular weight excluding hydrogens is 382 g/mol. The van der Waals surface area contributed by atoms with E-state index < -0.39 is 0 Å². The molecule has 2 aliphatic carbocycles. The van der Waals surface area contributed by atoms with Crippen molar-refractivity contribution in [1.82, 2.24) is 4.98 Å². The van der Waals surface area contributed by atoms with Crippen molar-refractivity contribution >= 4 is 35.4 Å². The van der Waals surface area contributed by atoms with E-state index in [9.17, 15) is 14.4 Å². The lowest BCUT2D eigenvalue weighted by atomic mass is 9.71. The zero-order valence-corrected chi connectivity index (χ0v) is 16.3. The Morgan fingerprint density at radius 1 is 1.26 bits per heavy atom. The first-order valence-corrected chi connectivity index (χ1v) is 10.8. The number of aromatic nitrogens is 1. The maximum absolute atomic E-state index is 12.1. The van der Waals surface area contributed by atoms with Gasteiger partial charge in [-0.05, 0) is 48.3 Å². The van der Waals surface area contributed by atoms with Crippen LogP contribution in [-0.4, -0.2) is 29.6 Å². The Kier molecular flexibility index (Phi) is 4.05. The van der Waals surface area contributed by atoms with Crippen LogP contribution in [0.2, 0.25) is 0 Å². The van der Waals surface area contributed by atoms with E-state index >= 15 is 0 Å². The van der Waals surface area contributed by atoms with E-state index in [1.165, 1.54) is 18.4 Å². The smallest absolute Gasteiger partial charge is 0.337 e. The molecule has 140 valence electrons. The van der Waals surface area contributed by atoms with Gasteiger partial charge in [-0.15, -0.1) is 11.8 Å². The largest absolute Gasteiger partial charge is 0.465 e. The van der Waals surface area contributed by atoms with Crippen LogP contribution in [-0.2, 0) is 9.53 Å². The van der Waals surface area contributed by atoms with Gasteiger partial charge in [0.25, 0.3) is 0 Å². The number of methoxy groups -OCH3 is 1. The van der Waals surface area contributed by atoms with E-state index in [0.717, 1.165) is 34.6 Å². The number of carbonyl (C=O) groups is 2. The Morgan fingerprint density at radius 2 is 2.04 bits per heavy atom. The maximum atomic E-state index is 12.1. The van der Waals surface area contributed by atoms with Gasteiger partial charge >= 0.3 is 10.8 Å². The molecule has 1 aliphatic heterocycles. The molecule has 2 saturated carbocycles. The van der Waals surface area contributed by atoms with Gasteiger partial charge in [-0.25, -0.2) is 4.79 Å². The standard InChI is InChI=1S/C20H19NO4S2/c1-25-19(23)10-4-2-9(3-5-10)14-15-13-7-11(6-12(13)8-22)16(15)26-18-17(14)27-20(24)21-18/h2-5,8,11-16H,6-7H2,1H3,(H,21,24)/t11-,12-,13-,14+,15-,16+/m0/s1. The number of aromatic amines is 1. The lowest BCUT2D eigenvalue weighted by Gasteiger charge is -2.41. The molecular formula is C20H19NO4S2. The van der Waals surface area contributed by atoms with Crippen LogP contribution in [0, 0.1) is 23.7 Å². The van der Waals surface area contributed by atoms with Gasteiger partial charge in [-0.2, -0.15) is 0 Å². The lowest BCUT2D eigenvalue weighted by Crippen LogP contribution is -2.37. The number of aldehydes is 1. The molecule has 0 amide bonds. The highest BCUT2D eigenvalue weighted by Gasteiger charge is 2.58. The summed E-state index contributed by atoms with van der Waals surface area (Å²) in [6.07, 6.45) is 3.21. The molecule has 27 heavy (non-hydrogen) atoms. The Labute approximate surface area is 164 Å². The predicted octanol–water partition coefficient (Wildman–Crippen LogP) is 3.30. The van der Waals surface area contributed by atoms with E-state index in [0.29, 0.717) is 28.6 Å². The Morgan fingerprint density at radius 3 is 2.74 bits per heavy atom. The molecule has 7 heteroatoms. The summed E-state index contributed by atoms with van der Waals surface area (Å²) >= 11 is 3.08. The fourth-order valence-electron chi connectivity index (χ4n) is 5.43. The number of hydrogen-bond donors (Lipinski definition) is 1. The molecule has 6 atom stereocenters. The van der Waals surface area contributed by atoms with Crippen LogP contribution in [0.25, 0.3) is 0 Å². The maximum Gasteiger partial charge on any atom is 0.337 e. The van der Waals surface area contributed by atoms with E-state index in [1.807, 2.05) is 12.1 Å². The number of thiazole rings is 1. The topological polar surface area (TPSA) is 76.2 Å². The second-order valence-electron chi connectivity index (χ2n) is 7.65. The van der Waals surface area contributed by atoms with Gasteiger partial charge in [0.05, 0.1) is 17.7 Å². The first-order valence-electron chi connectivity index (χ1n) is 9.14. The van der Waals surface area contributed by atoms with Crippen molar-refractivity contribution in [2.45, 2.75) is 29.0 Å². The highest BCUT2D eigenvalue weighted by Crippen LogP contribution is 2.64. The van der Waals surface area contributed by atoms with Crippen LogP contribution in [0.5, 0.6) is 0 Å². The number of esters is 1. The van der Waals surface area contributed by atoms with Crippen molar-refractivity contribution in [3.63, 3.8) is 0 Å². The third-order valence-corrected chi connectivity index (χ3v) is 9.09. The first kappa shape index (κ1) is 17.3. The third kappa shape index (κ3) is 2.55. The summed E-state index contributed by atoms with van der Waals surface area (Å²) in [5.74, 6) is 1.14. The van der Waals surface area contributed by atoms with Gasteiger partial charge in [-0.1, -0.05) is 23.5 Å². The highest BCUT2D eigenvalue weighted by molar-refractivity contribution is 8.00. The summed E-state index contributed by atoms with van der Waals surface area (Å²) in [5, 5.41) is 1.43. The molecule has 2 heterocycles. The molecule has 2 fully saturated rings. The molecule has 0 radical (unpaired) electrons. The minimum atomic E-state index is -0.355. The number of nitrogens with one attached hydrogen (secondary N) is 1. The van der Waals surface area contributed by atoms with Gasteiger partial charge in [-0.3, -0.25) is 4.79 Å². The van der Waals surface area contributed by atoms with Gasteiger partial charge in [0.2, 0.25) is 0 Å². The van der Waals surface area contributed by atoms with Crippen LogP contribution in [0.4, 0.5) is 0 Å². The van der Waals surface area contributed by atoms with Crippen LogP contribution in [0.1, 0.15) is 39.6 Å². The normalized spacial score (nSPS) is 33.4. The van der Waals surface area contributed by atoms with Crippen molar-refractivity contribution in [3.8, 4) is 0 Å². The zero-order chi connectivity index (χ0) is 18.7. The van der Waals surface area contributed by atoms with Gasteiger partial charge in [0, 0.05) is 22.0 Å². The summed E-state index contributed by atoms with van der Waals surface area (Å²) in [6, 6.07) is 7.52. The van der Waals surface area contributed by atoms with Crippen LogP contribution < -0.4 is 4.87 Å². The highest BCUT2D eigenvalue weighted by atomic mass is 32.2. The van der Waals surface area contributed by atoms with Crippen molar-refractivity contribution in [3.05, 3.63) is 49.9 Å². The minimum Gasteiger partial charge on any atom is -0.465 e. The molecule has 3 aliphatic rings. The van der Waals surface area contributed by atoms with Crippen molar-refractivity contribution in [2.75, 3.05) is 7.11 Å². The van der Waals surface area contributed by atoms with E-state index in [2.05, 4.69) is 4.98 Å². The van der Waals surface area contributed by atoms with Crippen LogP contribution in [0.15, 0.2) is 34.1 Å². The van der Waals surface area contributed by atoms with Crippen molar-refractivity contribution < 1.29 is 14.3 Å². The fraction of sp³-hybridized carbons (Fsp3) is 0.450. The second-order valence-corrected chi connectivity index (χ2v) is 9.86. The van der Waals surface area contributed by atoms with Gasteiger partial charge in [0.1, 0.15) is 6.29 Å². The fourth-order valence-corrected chi connectivity index (χ4v) is 8.28. The lowest BCUT2D eigenvalue weighted by molar-refractivity contribution is -0.113. The van der Waals surface area contributed by atoms with E-state index in [-0.39, 0.29) is 22.7 Å². The number of fused-ring (bicyclic) bond motifs is 6. The molecule has 5 nitrogen and oxygen atoms in total. The third-order valence-electron chi connectivity index (χ3n) is 6.47. The molecule has 0 saturated heterocycles. The summed E-state index contributed by atoms with van der Waals surface area (Å²) in [6.45, 7) is 0. The summed E-state index contributed by atoms with van der Waals surface area (Å²) in [4.78, 5) is 39.5. The number of benzene rings is 1. The van der Waals surface area contributed by atoms with Gasteiger partial charge in [0.15, 0.2) is 0 Å². The quantitative estimate of drug-likeness (QED) is 0.631. The number of ether oxygens (including phenoxy) is 1. The second kappa shape index (κ2) is 6.34. The van der Waals surface area contributed by atoms with E-state index in [4.69, 9.17) is 4.74 Å². The SMILES string of the molecule is COC(=O)c1ccc([C@H]2c3sc(=O)[nH]c3S[C@@H]3[C@@H]4C[C@H]([C@@H]23)[C@H](C=O)C4)cc1. The Balaban J connectivity index is 1.60. The Hall–Kier alpha value is -1.86. The zero-order valence-electron chi connectivity index (χ0n) is 14.7. The number of rotatable bonds is 3. The molecule has 5 rings (SSSR count). The number of carbonyl (C=O) groups excluding carboxylic acids is 2. The molecule has 2 bridgehead atoms. The molecule has 1 aromatic carbocycles. The first-order chi connectivity index (χ1) is 13.1. The monoisotopic (exact) mass is 401 g/mol. The molecule has 2 aromatic rings. The molecule has 0 unspecified atom stereocenters. The van der Waals surface area contributed by atoms with Crippen LogP contribution in [0.3, 0.4) is 0 Å². The van der Waals surface area contributed by atoms with Crippen molar-refractivity contribution in [1.29, 1.82) is 0 Å². The number of H-pyrrole nitrogens is 1. The van der Waals surface area contributed by atoms with Crippen LogP contribution >= 0.6 is 23.1 Å². The number of thioether (sulfide) groups is 1. The summed E-state index contributed by atoms with van der Waals surface area (Å²) in [5.41, 5.74) is 1.62. The minimum absolute atomic E-state index is 0.0251. The number of hydrogen-bond acceptors (Lipinski definition) is 6. The molecule has 1 aromatic heterocycles. The average Bonchev–Trinajstić information content (AvgIpc) is 3.37. The van der Waals surface area contributed by atoms with Gasteiger partial charge < -0.3 is 14.5 Å². The molecule has 0 spiro atoms. The average molecular weight is 402 g/mol. The predicted molar refractivity (Wildman–Crippen MR) is 103 cm³/mol. The van der Waals surface area contributed by atoms with Crippen molar-refractivity contribution in [2.24, 2.45) is 23.7 Å². The Bertz CT molecular complexity index is 963. The summed E-state index contributed by atoms with van der Waals surface area (Å²) < 4.78 is 4.79. The van der Waals surface area contributed by atoms with E-state index in [1.54, 1.807) is 23.9 Å². The molecule has 1 N–H and O–H groups in total. The summed E-state index contributed by atoms with van der Waals surface area (Å²) in [7, 11) is 1.37.